The average Bonchev–Trinajstić information content (AvgIpc) is 2.77. The molecule has 18 heavy (non-hydrogen) atoms. The third kappa shape index (κ3) is 1.91. The van der Waals surface area contributed by atoms with Crippen LogP contribution in [0.1, 0.15) is 40.0 Å². The molecule has 0 amide bonds. The van der Waals surface area contributed by atoms with Crippen molar-refractivity contribution in [1.82, 2.24) is 10.2 Å². The van der Waals surface area contributed by atoms with E-state index in [0.717, 1.165) is 18.6 Å². The molecule has 0 aromatic carbocycles. The van der Waals surface area contributed by atoms with E-state index in [0.29, 0.717) is 23.6 Å². The van der Waals surface area contributed by atoms with Gasteiger partial charge in [0.2, 0.25) is 0 Å². The Morgan fingerprint density at radius 1 is 1.28 bits per heavy atom. The van der Waals surface area contributed by atoms with Crippen molar-refractivity contribution in [1.29, 1.82) is 0 Å². The quantitative estimate of drug-likeness (QED) is 0.812. The van der Waals surface area contributed by atoms with Crippen LogP contribution in [0.3, 0.4) is 0 Å². The van der Waals surface area contributed by atoms with E-state index in [1.807, 2.05) is 0 Å². The summed E-state index contributed by atoms with van der Waals surface area (Å²) in [6.45, 7) is 9.30. The SMILES string of the molecule is CC1CC(NC2C3CCOC3C2(C)C)CCN1C. The predicted molar refractivity (Wildman–Crippen MR) is 73.7 cm³/mol. The van der Waals surface area contributed by atoms with Gasteiger partial charge in [0.25, 0.3) is 0 Å². The van der Waals surface area contributed by atoms with E-state index >= 15 is 0 Å². The maximum atomic E-state index is 5.88. The van der Waals surface area contributed by atoms with Crippen LogP contribution in [0.15, 0.2) is 0 Å². The number of nitrogens with zero attached hydrogens (tertiary/aromatic N) is 1. The first-order chi connectivity index (χ1) is 8.50. The molecule has 2 aliphatic heterocycles. The molecule has 5 atom stereocenters. The molecule has 0 aromatic heterocycles. The van der Waals surface area contributed by atoms with Gasteiger partial charge in [-0.25, -0.2) is 0 Å². The molecule has 1 saturated carbocycles. The first kappa shape index (κ1) is 12.9. The Balaban J connectivity index is 1.60. The van der Waals surface area contributed by atoms with Crippen molar-refractivity contribution >= 4 is 0 Å². The van der Waals surface area contributed by atoms with Gasteiger partial charge in [0.1, 0.15) is 0 Å². The molecule has 3 fully saturated rings. The van der Waals surface area contributed by atoms with E-state index < -0.39 is 0 Å². The fourth-order valence-corrected chi connectivity index (χ4v) is 4.36. The highest BCUT2D eigenvalue weighted by Gasteiger charge is 2.59. The van der Waals surface area contributed by atoms with Crippen molar-refractivity contribution in [3.8, 4) is 0 Å². The molecule has 0 bridgehead atoms. The molecule has 2 saturated heterocycles. The number of hydrogen-bond donors (Lipinski definition) is 1. The minimum Gasteiger partial charge on any atom is -0.377 e. The Morgan fingerprint density at radius 3 is 2.78 bits per heavy atom. The summed E-state index contributed by atoms with van der Waals surface area (Å²) in [5.41, 5.74) is 0.327. The van der Waals surface area contributed by atoms with Crippen LogP contribution in [0, 0.1) is 11.3 Å². The van der Waals surface area contributed by atoms with Crippen LogP contribution in [0.2, 0.25) is 0 Å². The van der Waals surface area contributed by atoms with Crippen LogP contribution >= 0.6 is 0 Å². The van der Waals surface area contributed by atoms with Crippen LogP contribution in [-0.2, 0) is 4.74 Å². The van der Waals surface area contributed by atoms with Crippen molar-refractivity contribution in [3.63, 3.8) is 0 Å². The summed E-state index contributed by atoms with van der Waals surface area (Å²) in [5.74, 6) is 0.773. The second-order valence-electron chi connectivity index (χ2n) is 7.26. The largest absolute Gasteiger partial charge is 0.377 e. The highest BCUT2D eigenvalue weighted by atomic mass is 16.5. The average molecular weight is 252 g/mol. The smallest absolute Gasteiger partial charge is 0.0685 e. The van der Waals surface area contributed by atoms with Gasteiger partial charge in [0.15, 0.2) is 0 Å². The van der Waals surface area contributed by atoms with E-state index in [9.17, 15) is 0 Å². The summed E-state index contributed by atoms with van der Waals surface area (Å²) in [4.78, 5) is 2.48. The minimum absolute atomic E-state index is 0.327. The number of likely N-dealkylation sites (tertiary alicyclic amines) is 1. The Bertz CT molecular complexity index is 318. The molecule has 3 aliphatic rings. The first-order valence-corrected chi connectivity index (χ1v) is 7.58. The van der Waals surface area contributed by atoms with Gasteiger partial charge in [-0.1, -0.05) is 13.8 Å². The standard InChI is InChI=1S/C15H28N2O/c1-10-9-11(5-7-17(10)4)16-13-12-6-8-18-14(12)15(13,2)3/h10-14,16H,5-9H2,1-4H3. The van der Waals surface area contributed by atoms with Crippen molar-refractivity contribution in [2.24, 2.45) is 11.3 Å². The van der Waals surface area contributed by atoms with E-state index in [-0.39, 0.29) is 0 Å². The minimum atomic E-state index is 0.327. The van der Waals surface area contributed by atoms with Gasteiger partial charge in [-0.15, -0.1) is 0 Å². The second kappa shape index (κ2) is 4.46. The zero-order valence-corrected chi connectivity index (χ0v) is 12.3. The molecule has 5 unspecified atom stereocenters. The van der Waals surface area contributed by atoms with Gasteiger partial charge in [0.05, 0.1) is 6.10 Å². The Labute approximate surface area is 111 Å². The lowest BCUT2D eigenvalue weighted by atomic mass is 9.57. The van der Waals surface area contributed by atoms with Crippen LogP contribution in [0.5, 0.6) is 0 Å². The molecule has 0 radical (unpaired) electrons. The van der Waals surface area contributed by atoms with Crippen molar-refractivity contribution < 1.29 is 4.74 Å². The fourth-order valence-electron chi connectivity index (χ4n) is 4.36. The molecular weight excluding hydrogens is 224 g/mol. The van der Waals surface area contributed by atoms with Crippen molar-refractivity contribution in [2.75, 3.05) is 20.2 Å². The third-order valence-electron chi connectivity index (χ3n) is 5.72. The van der Waals surface area contributed by atoms with Gasteiger partial charge >= 0.3 is 0 Å². The maximum Gasteiger partial charge on any atom is 0.0685 e. The Kier molecular flexibility index (Phi) is 3.20. The molecule has 0 aromatic rings. The summed E-state index contributed by atoms with van der Waals surface area (Å²) in [5, 5.41) is 3.96. The zero-order valence-electron chi connectivity index (χ0n) is 12.3. The number of hydrogen-bond acceptors (Lipinski definition) is 3. The molecule has 3 heteroatoms. The molecule has 3 nitrogen and oxygen atoms in total. The molecule has 1 aliphatic carbocycles. The highest BCUT2D eigenvalue weighted by Crippen LogP contribution is 2.52. The van der Waals surface area contributed by atoms with Gasteiger partial charge in [-0.3, -0.25) is 0 Å². The lowest BCUT2D eigenvalue weighted by Gasteiger charge is -2.56. The van der Waals surface area contributed by atoms with Gasteiger partial charge < -0.3 is 15.0 Å². The number of rotatable bonds is 2. The van der Waals surface area contributed by atoms with Crippen LogP contribution < -0.4 is 5.32 Å². The number of piperidine rings is 1. The Morgan fingerprint density at radius 2 is 2.06 bits per heavy atom. The molecule has 3 rings (SSSR count). The first-order valence-electron chi connectivity index (χ1n) is 7.58. The predicted octanol–water partition coefficient (Wildman–Crippen LogP) is 1.87. The normalized spacial score (nSPS) is 47.7. The molecule has 2 heterocycles. The van der Waals surface area contributed by atoms with E-state index in [2.05, 4.69) is 38.0 Å². The molecule has 1 N–H and O–H groups in total. The monoisotopic (exact) mass is 252 g/mol. The summed E-state index contributed by atoms with van der Waals surface area (Å²) in [6, 6.07) is 2.10. The van der Waals surface area contributed by atoms with Gasteiger partial charge in [-0.05, 0) is 39.8 Å². The topological polar surface area (TPSA) is 24.5 Å². The van der Waals surface area contributed by atoms with Crippen molar-refractivity contribution in [3.05, 3.63) is 0 Å². The highest BCUT2D eigenvalue weighted by molar-refractivity contribution is 5.12. The van der Waals surface area contributed by atoms with Crippen LogP contribution in [-0.4, -0.2) is 49.3 Å². The number of ether oxygens (including phenoxy) is 1. The second-order valence-corrected chi connectivity index (χ2v) is 7.26. The fraction of sp³-hybridized carbons (Fsp3) is 1.00. The third-order valence-corrected chi connectivity index (χ3v) is 5.72. The molecule has 0 spiro atoms. The van der Waals surface area contributed by atoms with E-state index in [1.54, 1.807) is 0 Å². The van der Waals surface area contributed by atoms with Crippen LogP contribution in [0.25, 0.3) is 0 Å². The Hall–Kier alpha value is -0.120. The summed E-state index contributed by atoms with van der Waals surface area (Å²) in [7, 11) is 2.25. The number of nitrogens with one attached hydrogen (secondary N) is 1. The summed E-state index contributed by atoms with van der Waals surface area (Å²) in [6.07, 6.45) is 4.36. The van der Waals surface area contributed by atoms with Gasteiger partial charge in [0, 0.05) is 36.1 Å². The lowest BCUT2D eigenvalue weighted by Crippen LogP contribution is -2.68. The van der Waals surface area contributed by atoms with Gasteiger partial charge in [-0.2, -0.15) is 0 Å². The summed E-state index contributed by atoms with van der Waals surface area (Å²) < 4.78 is 5.88. The van der Waals surface area contributed by atoms with Crippen molar-refractivity contribution in [2.45, 2.75) is 64.3 Å². The van der Waals surface area contributed by atoms with Crippen LogP contribution in [0.4, 0.5) is 0 Å². The molecule has 104 valence electrons. The van der Waals surface area contributed by atoms with E-state index in [4.69, 9.17) is 4.74 Å². The number of fused-ring (bicyclic) bond motifs is 1. The zero-order chi connectivity index (χ0) is 12.9. The maximum absolute atomic E-state index is 5.88. The molecular formula is C15H28N2O. The van der Waals surface area contributed by atoms with E-state index in [1.165, 1.54) is 25.8 Å². The lowest BCUT2D eigenvalue weighted by molar-refractivity contribution is -0.117. The summed E-state index contributed by atoms with van der Waals surface area (Å²) >= 11 is 0.